The third kappa shape index (κ3) is 12.2. The highest BCUT2D eigenvalue weighted by Crippen LogP contribution is 2.35. The van der Waals surface area contributed by atoms with Gasteiger partial charge in [-0.1, -0.05) is 63.9 Å². The summed E-state index contributed by atoms with van der Waals surface area (Å²) >= 11 is 5.96. The van der Waals surface area contributed by atoms with Gasteiger partial charge in [0.15, 0.2) is 0 Å². The summed E-state index contributed by atoms with van der Waals surface area (Å²) < 4.78 is 10.6. The number of halogens is 1. The molecular weight excluding hydrogens is 450 g/mol. The van der Waals surface area contributed by atoms with Gasteiger partial charge in [0.2, 0.25) is 0 Å². The maximum atomic E-state index is 5.96. The number of ether oxygens (including phenoxy) is 2. The first kappa shape index (κ1) is 30.8. The van der Waals surface area contributed by atoms with Gasteiger partial charge in [-0.05, 0) is 42.8 Å². The molecule has 5 N–H and O–H groups in total. The molecule has 2 rings (SSSR count). The van der Waals surface area contributed by atoms with Crippen LogP contribution in [0.15, 0.2) is 66.1 Å². The van der Waals surface area contributed by atoms with E-state index in [4.69, 9.17) is 26.8 Å². The number of rotatable bonds is 10. The number of aromatic nitrogens is 1. The van der Waals surface area contributed by atoms with Crippen LogP contribution in [0.25, 0.3) is 6.08 Å². The number of allylic oxidation sites excluding steroid dienone is 1. The Morgan fingerprint density at radius 3 is 2.15 bits per heavy atom. The molecule has 1 aromatic carbocycles. The maximum absolute atomic E-state index is 5.96. The van der Waals surface area contributed by atoms with Gasteiger partial charge < -0.3 is 25.9 Å². The van der Waals surface area contributed by atoms with Crippen LogP contribution in [-0.2, 0) is 6.42 Å². The quantitative estimate of drug-likeness (QED) is 0.190. The summed E-state index contributed by atoms with van der Waals surface area (Å²) in [5.74, 6) is 1.27. The van der Waals surface area contributed by atoms with E-state index in [0.717, 1.165) is 24.2 Å². The topological polar surface area (TPSA) is 93.5 Å². The van der Waals surface area contributed by atoms with Crippen LogP contribution in [-0.4, -0.2) is 26.3 Å². The van der Waals surface area contributed by atoms with Crippen molar-refractivity contribution in [3.63, 3.8) is 0 Å². The molecule has 0 aliphatic rings. The summed E-state index contributed by atoms with van der Waals surface area (Å²) in [6, 6.07) is 11.5. The molecule has 0 amide bonds. The first-order valence-electron chi connectivity index (χ1n) is 11.2. The van der Waals surface area contributed by atoms with Crippen molar-refractivity contribution in [1.82, 2.24) is 15.8 Å². The fourth-order valence-corrected chi connectivity index (χ4v) is 2.76. The van der Waals surface area contributed by atoms with Gasteiger partial charge in [0.05, 0.1) is 25.6 Å². The van der Waals surface area contributed by atoms with Crippen molar-refractivity contribution < 1.29 is 9.47 Å². The Balaban J connectivity index is 0.000000651. The monoisotopic (exact) mass is 489 g/mol. The van der Waals surface area contributed by atoms with Crippen LogP contribution in [0.1, 0.15) is 45.0 Å². The van der Waals surface area contributed by atoms with E-state index in [1.165, 1.54) is 12.6 Å². The number of pyridine rings is 1. The molecule has 0 unspecified atom stereocenters. The summed E-state index contributed by atoms with van der Waals surface area (Å²) in [5, 5.41) is 3.49. The molecule has 0 saturated heterocycles. The van der Waals surface area contributed by atoms with Crippen molar-refractivity contribution in [1.29, 1.82) is 0 Å². The molecule has 0 saturated carbocycles. The molecule has 1 aromatic heterocycles. The number of nitrogens with zero attached hydrogens (tertiary/aromatic N) is 1. The van der Waals surface area contributed by atoms with Crippen molar-refractivity contribution >= 4 is 23.4 Å². The first-order chi connectivity index (χ1) is 16.4. The Kier molecular flexibility index (Phi) is 17.5. The van der Waals surface area contributed by atoms with E-state index in [9.17, 15) is 0 Å². The predicted molar refractivity (Wildman–Crippen MR) is 146 cm³/mol. The average molecular weight is 490 g/mol. The van der Waals surface area contributed by atoms with E-state index in [1.54, 1.807) is 33.4 Å². The van der Waals surface area contributed by atoms with Gasteiger partial charge in [-0.2, -0.15) is 0 Å². The summed E-state index contributed by atoms with van der Waals surface area (Å²) in [7, 11) is 4.87. The molecule has 7 nitrogen and oxygen atoms in total. The summed E-state index contributed by atoms with van der Waals surface area (Å²) in [5.41, 5.74) is 14.4. The fraction of sp³-hybridized carbons (Fsp3) is 0.346. The second-order valence-corrected chi connectivity index (χ2v) is 7.27. The lowest BCUT2D eigenvalue weighted by atomic mass is 10.2. The number of benzene rings is 1. The van der Waals surface area contributed by atoms with Crippen molar-refractivity contribution in [2.45, 2.75) is 40.0 Å². The van der Waals surface area contributed by atoms with Crippen LogP contribution in [0.5, 0.6) is 11.5 Å². The number of para-hydroxylation sites is 1. The first-order valence-corrected chi connectivity index (χ1v) is 11.6. The van der Waals surface area contributed by atoms with Crippen molar-refractivity contribution in [3.05, 3.63) is 77.5 Å². The van der Waals surface area contributed by atoms with Gasteiger partial charge in [0.25, 0.3) is 0 Å². The number of nitrogens with one attached hydrogen (secondary N) is 3. The fourth-order valence-electron chi connectivity index (χ4n) is 2.54. The predicted octanol–water partition coefficient (Wildman–Crippen LogP) is 5.81. The molecule has 0 spiro atoms. The molecule has 34 heavy (non-hydrogen) atoms. The number of aryl methyl sites for hydroxylation is 1. The summed E-state index contributed by atoms with van der Waals surface area (Å²) in [4.78, 5) is 4.36. The molecule has 0 atom stereocenters. The standard InChI is InChI=1S/C13H19ClN4O2.C10H13N.C3H8/c1-16-18-12(14)7-9(8-15)17-13-10(19-2)5-4-6-11(13)20-3;1-3-6-10-8-5-7-9(4-2)11-10;1-3-2/h4-8,16-18H,15H2,1-3H3;4-5,7-8H,2-3,6H2,1H3;3H2,1-2H3/b9-8+,12-7-;;. The molecule has 8 heteroatoms. The van der Waals surface area contributed by atoms with Crippen LogP contribution < -0.4 is 31.4 Å². The second kappa shape index (κ2) is 19.3. The Hall–Kier alpha value is -3.16. The van der Waals surface area contributed by atoms with E-state index >= 15 is 0 Å². The molecule has 188 valence electrons. The van der Waals surface area contributed by atoms with E-state index in [-0.39, 0.29) is 0 Å². The van der Waals surface area contributed by atoms with Crippen molar-refractivity contribution in [2.24, 2.45) is 5.73 Å². The van der Waals surface area contributed by atoms with Crippen LogP contribution in [0.3, 0.4) is 0 Å². The number of hydrogen-bond donors (Lipinski definition) is 4. The van der Waals surface area contributed by atoms with E-state index in [1.807, 2.05) is 30.3 Å². The lowest BCUT2D eigenvalue weighted by molar-refractivity contribution is 0.398. The van der Waals surface area contributed by atoms with Gasteiger partial charge in [0, 0.05) is 18.9 Å². The van der Waals surface area contributed by atoms with Gasteiger partial charge in [-0.15, -0.1) is 0 Å². The number of hydrogen-bond acceptors (Lipinski definition) is 7. The minimum Gasteiger partial charge on any atom is -0.494 e. The molecule has 0 bridgehead atoms. The van der Waals surface area contributed by atoms with Crippen LogP contribution in [0.4, 0.5) is 5.69 Å². The van der Waals surface area contributed by atoms with Crippen LogP contribution in [0, 0.1) is 0 Å². The molecule has 0 fully saturated rings. The van der Waals surface area contributed by atoms with Crippen LogP contribution in [0.2, 0.25) is 0 Å². The zero-order valence-electron chi connectivity index (χ0n) is 21.2. The summed E-state index contributed by atoms with van der Waals surface area (Å²) in [6.07, 6.45) is 8.25. The van der Waals surface area contributed by atoms with Crippen molar-refractivity contribution in [3.8, 4) is 11.5 Å². The number of anilines is 1. The third-order valence-electron chi connectivity index (χ3n) is 3.95. The number of nitrogens with two attached hydrogens (primary N) is 1. The highest BCUT2D eigenvalue weighted by molar-refractivity contribution is 6.29. The van der Waals surface area contributed by atoms with E-state index in [0.29, 0.717) is 28.0 Å². The molecule has 2 aromatic rings. The highest BCUT2D eigenvalue weighted by atomic mass is 35.5. The second-order valence-electron chi connectivity index (χ2n) is 6.87. The third-order valence-corrected chi connectivity index (χ3v) is 4.15. The maximum Gasteiger partial charge on any atom is 0.146 e. The van der Waals surface area contributed by atoms with Crippen molar-refractivity contribution in [2.75, 3.05) is 26.6 Å². The number of methoxy groups -OCH3 is 2. The Morgan fingerprint density at radius 1 is 1.09 bits per heavy atom. The molecule has 0 aliphatic heterocycles. The van der Waals surface area contributed by atoms with Gasteiger partial charge in [-0.25, -0.2) is 5.43 Å². The molecule has 0 radical (unpaired) electrons. The molecule has 0 aliphatic carbocycles. The van der Waals surface area contributed by atoms with Gasteiger partial charge >= 0.3 is 0 Å². The molecule has 1 heterocycles. The SMILES string of the molecule is C=Cc1cccc(CCC)n1.CCC.CNN/C(Cl)=C\C(=C/N)Nc1c(OC)cccc1OC. The van der Waals surface area contributed by atoms with Crippen LogP contribution >= 0.6 is 11.6 Å². The molecular formula is C26H40ClN5O2. The lowest BCUT2D eigenvalue weighted by Gasteiger charge is -2.15. The summed E-state index contributed by atoms with van der Waals surface area (Å²) in [6.45, 7) is 10.1. The van der Waals surface area contributed by atoms with E-state index in [2.05, 4.69) is 54.6 Å². The highest BCUT2D eigenvalue weighted by Gasteiger charge is 2.10. The Labute approximate surface area is 210 Å². The zero-order chi connectivity index (χ0) is 25.8. The largest absolute Gasteiger partial charge is 0.494 e. The van der Waals surface area contributed by atoms with Gasteiger partial charge in [0.1, 0.15) is 22.3 Å². The minimum absolute atomic E-state index is 0.380. The average Bonchev–Trinajstić information content (AvgIpc) is 2.85. The van der Waals surface area contributed by atoms with E-state index < -0.39 is 0 Å². The minimum atomic E-state index is 0.380. The Morgan fingerprint density at radius 2 is 1.68 bits per heavy atom. The smallest absolute Gasteiger partial charge is 0.146 e. The normalized spacial score (nSPS) is 10.7. The number of hydrazine groups is 1. The zero-order valence-corrected chi connectivity index (χ0v) is 22.0. The lowest BCUT2D eigenvalue weighted by Crippen LogP contribution is -2.24. The Bertz CT molecular complexity index is 878. The van der Waals surface area contributed by atoms with Gasteiger partial charge in [-0.3, -0.25) is 4.98 Å².